The van der Waals surface area contributed by atoms with Crippen LogP contribution in [-0.4, -0.2) is 44.0 Å². The smallest absolute Gasteiger partial charge is 0.229 e. The first-order valence-corrected chi connectivity index (χ1v) is 16.2. The largest absolute Gasteiger partial charge is 0.284 e. The molecular weight excluding hydrogens is 522 g/mol. The summed E-state index contributed by atoms with van der Waals surface area (Å²) in [5.41, 5.74) is 5.12. The Bertz CT molecular complexity index is 1240. The number of hydrogen-bond acceptors (Lipinski definition) is 6. The van der Waals surface area contributed by atoms with Gasteiger partial charge in [0.15, 0.2) is 0 Å². The highest BCUT2D eigenvalue weighted by Crippen LogP contribution is 2.11. The predicted octanol–water partition coefficient (Wildman–Crippen LogP) is 4.10. The molecule has 3 aromatic rings. The first-order chi connectivity index (χ1) is 16.4. The number of hydrogen-bond donors (Lipinski definition) is 3. The van der Waals surface area contributed by atoms with Crippen molar-refractivity contribution in [1.82, 2.24) is 0 Å². The molecule has 0 spiro atoms. The molecule has 3 aromatic carbocycles. The van der Waals surface area contributed by atoms with Gasteiger partial charge in [0.05, 0.1) is 18.8 Å². The molecule has 0 radical (unpaired) electrons. The molecule has 36 heavy (non-hydrogen) atoms. The van der Waals surface area contributed by atoms with E-state index in [1.807, 2.05) is 57.2 Å². The molecule has 198 valence electrons. The van der Waals surface area contributed by atoms with Crippen molar-refractivity contribution in [3.05, 3.63) is 89.5 Å². The number of sulfonamides is 3. The fourth-order valence-electron chi connectivity index (χ4n) is 2.51. The molecule has 12 heteroatoms. The summed E-state index contributed by atoms with van der Waals surface area (Å²) in [5.74, 6) is 0. The Hall–Kier alpha value is -3.09. The molecule has 0 heterocycles. The van der Waals surface area contributed by atoms with E-state index in [0.29, 0.717) is 17.1 Å². The van der Waals surface area contributed by atoms with Crippen LogP contribution in [0.4, 0.5) is 17.1 Å². The van der Waals surface area contributed by atoms with Crippen molar-refractivity contribution in [2.75, 3.05) is 32.9 Å². The van der Waals surface area contributed by atoms with E-state index < -0.39 is 30.1 Å². The van der Waals surface area contributed by atoms with E-state index in [4.69, 9.17) is 0 Å². The topological polar surface area (TPSA) is 139 Å². The lowest BCUT2D eigenvalue weighted by molar-refractivity contribution is 0.605. The van der Waals surface area contributed by atoms with Crippen LogP contribution in [0.2, 0.25) is 0 Å². The summed E-state index contributed by atoms with van der Waals surface area (Å²) in [7, 11) is -9.42. The van der Waals surface area contributed by atoms with Crippen molar-refractivity contribution >= 4 is 47.1 Å². The third-order valence-electron chi connectivity index (χ3n) is 4.06. The normalized spacial score (nSPS) is 11.2. The summed E-state index contributed by atoms with van der Waals surface area (Å²) >= 11 is 0. The van der Waals surface area contributed by atoms with Gasteiger partial charge in [0, 0.05) is 17.1 Å². The average molecular weight is 556 g/mol. The van der Waals surface area contributed by atoms with Crippen LogP contribution in [0.25, 0.3) is 0 Å². The molecule has 0 aliphatic rings. The minimum Gasteiger partial charge on any atom is -0.284 e. The molecule has 0 aromatic heterocycles. The zero-order chi connectivity index (χ0) is 27.6. The quantitative estimate of drug-likeness (QED) is 0.419. The standard InChI is InChI=1S/3C8H11NO2S/c3*1-7-3-5-8(6-4-7)9-12(2,10)11/h3*3-6,9H,1-2H3. The van der Waals surface area contributed by atoms with Crippen molar-refractivity contribution in [2.24, 2.45) is 0 Å². The Morgan fingerprint density at radius 1 is 0.389 bits per heavy atom. The van der Waals surface area contributed by atoms with Crippen molar-refractivity contribution in [1.29, 1.82) is 0 Å². The number of benzene rings is 3. The summed E-state index contributed by atoms with van der Waals surface area (Å²) in [4.78, 5) is 0. The summed E-state index contributed by atoms with van der Waals surface area (Å²) < 4.78 is 71.8. The fraction of sp³-hybridized carbons (Fsp3) is 0.250. The van der Waals surface area contributed by atoms with Gasteiger partial charge in [0.2, 0.25) is 30.1 Å². The lowest BCUT2D eigenvalue weighted by Gasteiger charge is -2.02. The summed E-state index contributed by atoms with van der Waals surface area (Å²) in [6.07, 6.45) is 3.40. The summed E-state index contributed by atoms with van der Waals surface area (Å²) in [5, 5.41) is 0. The second kappa shape index (κ2) is 13.3. The van der Waals surface area contributed by atoms with E-state index >= 15 is 0 Å². The highest BCUT2D eigenvalue weighted by Gasteiger charge is 2.01. The maximum atomic E-state index is 10.8. The van der Waals surface area contributed by atoms with E-state index in [1.165, 1.54) is 0 Å². The molecule has 0 aliphatic carbocycles. The third-order valence-corrected chi connectivity index (χ3v) is 5.88. The predicted molar refractivity (Wildman–Crippen MR) is 149 cm³/mol. The second-order valence-corrected chi connectivity index (χ2v) is 13.5. The molecule has 9 nitrogen and oxygen atoms in total. The van der Waals surface area contributed by atoms with Crippen molar-refractivity contribution < 1.29 is 25.3 Å². The van der Waals surface area contributed by atoms with Gasteiger partial charge in [-0.25, -0.2) is 25.3 Å². The maximum absolute atomic E-state index is 10.8. The van der Waals surface area contributed by atoms with Gasteiger partial charge in [0.1, 0.15) is 0 Å². The summed E-state index contributed by atoms with van der Waals surface area (Å²) in [6.45, 7) is 5.85. The van der Waals surface area contributed by atoms with E-state index in [2.05, 4.69) is 14.2 Å². The average Bonchev–Trinajstić information content (AvgIpc) is 2.71. The second-order valence-electron chi connectivity index (χ2n) is 8.22. The van der Waals surface area contributed by atoms with E-state index in [0.717, 1.165) is 35.5 Å². The number of rotatable bonds is 6. The number of nitrogens with one attached hydrogen (secondary N) is 3. The Balaban J connectivity index is 0.000000270. The van der Waals surface area contributed by atoms with E-state index in [1.54, 1.807) is 36.4 Å². The van der Waals surface area contributed by atoms with Crippen molar-refractivity contribution in [3.63, 3.8) is 0 Å². The van der Waals surface area contributed by atoms with Gasteiger partial charge < -0.3 is 0 Å². The molecule has 0 fully saturated rings. The Kier molecular flexibility index (Phi) is 11.4. The molecule has 3 N–H and O–H groups in total. The van der Waals surface area contributed by atoms with Crippen LogP contribution in [0.5, 0.6) is 0 Å². The molecular formula is C24H33N3O6S3. The van der Waals surface area contributed by atoms with E-state index in [-0.39, 0.29) is 0 Å². The van der Waals surface area contributed by atoms with Gasteiger partial charge >= 0.3 is 0 Å². The highest BCUT2D eigenvalue weighted by atomic mass is 32.2. The molecule has 0 saturated heterocycles. The van der Waals surface area contributed by atoms with Gasteiger partial charge in [-0.1, -0.05) is 53.1 Å². The first kappa shape index (κ1) is 30.9. The zero-order valence-corrected chi connectivity index (χ0v) is 23.6. The molecule has 3 rings (SSSR count). The molecule has 0 unspecified atom stereocenters. The van der Waals surface area contributed by atoms with Crippen molar-refractivity contribution in [3.8, 4) is 0 Å². The SMILES string of the molecule is Cc1ccc(NS(C)(=O)=O)cc1.Cc1ccc(NS(C)(=O)=O)cc1.Cc1ccc(NS(C)(=O)=O)cc1. The van der Waals surface area contributed by atoms with Crippen LogP contribution in [0.15, 0.2) is 72.8 Å². The highest BCUT2D eigenvalue weighted by molar-refractivity contribution is 7.92. The molecule has 0 bridgehead atoms. The summed E-state index contributed by atoms with van der Waals surface area (Å²) in [6, 6.07) is 21.5. The third kappa shape index (κ3) is 15.7. The van der Waals surface area contributed by atoms with Gasteiger partial charge in [0.25, 0.3) is 0 Å². The van der Waals surface area contributed by atoms with Gasteiger partial charge in [-0.3, -0.25) is 14.2 Å². The van der Waals surface area contributed by atoms with Crippen LogP contribution in [-0.2, 0) is 30.1 Å². The maximum Gasteiger partial charge on any atom is 0.229 e. The molecule has 0 aliphatic heterocycles. The monoisotopic (exact) mass is 555 g/mol. The molecule has 0 atom stereocenters. The lowest BCUT2D eigenvalue weighted by Crippen LogP contribution is -2.09. The van der Waals surface area contributed by atoms with Crippen molar-refractivity contribution in [2.45, 2.75) is 20.8 Å². The fourth-order valence-corrected chi connectivity index (χ4v) is 4.20. The Morgan fingerprint density at radius 3 is 0.694 bits per heavy atom. The van der Waals surface area contributed by atoms with Gasteiger partial charge in [-0.15, -0.1) is 0 Å². The number of anilines is 3. The minimum absolute atomic E-state index is 0.600. The van der Waals surface area contributed by atoms with Crippen LogP contribution in [0.3, 0.4) is 0 Å². The van der Waals surface area contributed by atoms with Gasteiger partial charge in [-0.2, -0.15) is 0 Å². The molecule has 0 amide bonds. The molecule has 0 saturated carbocycles. The number of aryl methyl sites for hydroxylation is 3. The zero-order valence-electron chi connectivity index (χ0n) is 21.1. The van der Waals surface area contributed by atoms with Gasteiger partial charge in [-0.05, 0) is 57.2 Å². The van der Waals surface area contributed by atoms with Crippen LogP contribution >= 0.6 is 0 Å². The lowest BCUT2D eigenvalue weighted by atomic mass is 10.2. The Morgan fingerprint density at radius 2 is 0.556 bits per heavy atom. The van der Waals surface area contributed by atoms with Crippen LogP contribution in [0, 0.1) is 20.8 Å². The minimum atomic E-state index is -3.14. The van der Waals surface area contributed by atoms with Crippen LogP contribution < -0.4 is 14.2 Å². The van der Waals surface area contributed by atoms with E-state index in [9.17, 15) is 25.3 Å². The first-order valence-electron chi connectivity index (χ1n) is 10.6. The van der Waals surface area contributed by atoms with Crippen LogP contribution in [0.1, 0.15) is 16.7 Å². The Labute approximate surface area is 215 Å².